The number of aromatic nitrogens is 1. The van der Waals surface area contributed by atoms with Crippen LogP contribution in [-0.2, 0) is 0 Å². The second-order valence-electron chi connectivity index (χ2n) is 5.66. The van der Waals surface area contributed by atoms with Crippen LogP contribution in [0.1, 0.15) is 0 Å². The Labute approximate surface area is 162 Å². The fourth-order valence-corrected chi connectivity index (χ4v) is 2.56. The van der Waals surface area contributed by atoms with Crippen molar-refractivity contribution in [1.29, 1.82) is 0 Å². The molecule has 2 heterocycles. The summed E-state index contributed by atoms with van der Waals surface area (Å²) in [5.41, 5.74) is 4.87. The average molecular weight is 405 g/mol. The molecular weight excluding hydrogens is 388 g/mol. The SMILES string of the molecule is [Br-].c1ccc(/N=N/c2ccc(Nc3cc[n+]4ccccc4c3)cc2)cc1. The largest absolute Gasteiger partial charge is 1.00 e. The summed E-state index contributed by atoms with van der Waals surface area (Å²) >= 11 is 0. The van der Waals surface area contributed by atoms with Gasteiger partial charge >= 0.3 is 0 Å². The van der Waals surface area contributed by atoms with Crippen LogP contribution in [0.4, 0.5) is 22.7 Å². The standard InChI is InChI=1S/C21H16N4.BrH/c1-2-6-18(7-3-1)23-24-19-11-9-17(10-12-19)22-20-13-15-25-14-5-4-8-21(25)16-20;/h1-16H;1H/b24-23+;. The van der Waals surface area contributed by atoms with Crippen LogP contribution in [0.3, 0.4) is 0 Å². The predicted octanol–water partition coefficient (Wildman–Crippen LogP) is 2.59. The molecular formula is C21H17BrN4. The lowest BCUT2D eigenvalue weighted by molar-refractivity contribution is -0.511. The maximum absolute atomic E-state index is 4.26. The molecule has 0 saturated carbocycles. The first kappa shape index (κ1) is 17.8. The zero-order valence-electron chi connectivity index (χ0n) is 14.0. The molecule has 0 unspecified atom stereocenters. The normalized spacial score (nSPS) is 10.6. The van der Waals surface area contributed by atoms with Gasteiger partial charge in [-0.25, -0.2) is 0 Å². The van der Waals surface area contributed by atoms with Gasteiger partial charge in [-0.15, -0.1) is 0 Å². The van der Waals surface area contributed by atoms with Crippen LogP contribution in [0, 0.1) is 0 Å². The molecule has 4 aromatic rings. The number of nitrogens with zero attached hydrogens (tertiary/aromatic N) is 3. The Morgan fingerprint density at radius 1 is 0.615 bits per heavy atom. The van der Waals surface area contributed by atoms with Gasteiger partial charge in [-0.2, -0.15) is 14.6 Å². The van der Waals surface area contributed by atoms with E-state index in [2.05, 4.69) is 38.1 Å². The van der Waals surface area contributed by atoms with E-state index in [9.17, 15) is 0 Å². The lowest BCUT2D eigenvalue weighted by Gasteiger charge is -2.05. The molecule has 5 heteroatoms. The van der Waals surface area contributed by atoms with Gasteiger partial charge < -0.3 is 22.3 Å². The van der Waals surface area contributed by atoms with E-state index in [0.29, 0.717) is 0 Å². The number of benzene rings is 2. The Bertz CT molecular complexity index is 1010. The van der Waals surface area contributed by atoms with Crippen molar-refractivity contribution in [2.24, 2.45) is 10.2 Å². The van der Waals surface area contributed by atoms with Crippen molar-refractivity contribution in [3.8, 4) is 0 Å². The number of hydrogen-bond acceptors (Lipinski definition) is 3. The Kier molecular flexibility index (Phi) is 5.71. The number of nitrogens with one attached hydrogen (secondary N) is 1. The fourth-order valence-electron chi connectivity index (χ4n) is 2.56. The highest BCUT2D eigenvalue weighted by Gasteiger charge is 2.02. The minimum atomic E-state index is 0. The third-order valence-electron chi connectivity index (χ3n) is 3.83. The van der Waals surface area contributed by atoms with Crippen LogP contribution >= 0.6 is 0 Å². The van der Waals surface area contributed by atoms with Gasteiger partial charge in [-0.3, -0.25) is 0 Å². The highest BCUT2D eigenvalue weighted by molar-refractivity contribution is 5.64. The van der Waals surface area contributed by atoms with E-state index in [0.717, 1.165) is 28.3 Å². The van der Waals surface area contributed by atoms with E-state index in [4.69, 9.17) is 0 Å². The molecule has 2 aromatic carbocycles. The predicted molar refractivity (Wildman–Crippen MR) is 99.9 cm³/mol. The molecule has 0 amide bonds. The molecule has 0 atom stereocenters. The summed E-state index contributed by atoms with van der Waals surface area (Å²) in [4.78, 5) is 0. The number of azo groups is 1. The first-order chi connectivity index (χ1) is 12.4. The quantitative estimate of drug-likeness (QED) is 0.412. The van der Waals surface area contributed by atoms with Gasteiger partial charge in [0.1, 0.15) is 0 Å². The second-order valence-corrected chi connectivity index (χ2v) is 5.66. The third kappa shape index (κ3) is 4.32. The van der Waals surface area contributed by atoms with Gasteiger partial charge in [0.25, 0.3) is 0 Å². The van der Waals surface area contributed by atoms with E-state index in [1.54, 1.807) is 0 Å². The van der Waals surface area contributed by atoms with Crippen LogP contribution in [0.15, 0.2) is 108 Å². The Hall–Kier alpha value is -3.05. The Balaban J connectivity index is 0.00000196. The smallest absolute Gasteiger partial charge is 0.212 e. The maximum Gasteiger partial charge on any atom is 0.212 e. The molecule has 128 valence electrons. The topological polar surface area (TPSA) is 40.9 Å². The summed E-state index contributed by atoms with van der Waals surface area (Å²) in [6, 6.07) is 27.9. The summed E-state index contributed by atoms with van der Waals surface area (Å²) < 4.78 is 2.08. The number of fused-ring (bicyclic) bond motifs is 1. The first-order valence-electron chi connectivity index (χ1n) is 8.11. The molecule has 0 aliphatic heterocycles. The van der Waals surface area contributed by atoms with E-state index in [1.807, 2.05) is 79.1 Å². The number of pyridine rings is 2. The average Bonchev–Trinajstić information content (AvgIpc) is 2.68. The number of anilines is 2. The summed E-state index contributed by atoms with van der Waals surface area (Å²) in [7, 11) is 0. The first-order valence-corrected chi connectivity index (χ1v) is 8.11. The van der Waals surface area contributed by atoms with Crippen molar-refractivity contribution in [3.63, 3.8) is 0 Å². The monoisotopic (exact) mass is 404 g/mol. The van der Waals surface area contributed by atoms with Crippen molar-refractivity contribution in [2.45, 2.75) is 0 Å². The van der Waals surface area contributed by atoms with Crippen molar-refractivity contribution in [1.82, 2.24) is 0 Å². The van der Waals surface area contributed by atoms with E-state index < -0.39 is 0 Å². The van der Waals surface area contributed by atoms with Gasteiger partial charge in [0, 0.05) is 30.0 Å². The van der Waals surface area contributed by atoms with Crippen LogP contribution in [0.2, 0.25) is 0 Å². The molecule has 4 nitrogen and oxygen atoms in total. The minimum absolute atomic E-state index is 0. The van der Waals surface area contributed by atoms with Crippen molar-refractivity contribution in [3.05, 3.63) is 97.3 Å². The van der Waals surface area contributed by atoms with Crippen LogP contribution < -0.4 is 26.7 Å². The number of rotatable bonds is 4. The van der Waals surface area contributed by atoms with Crippen LogP contribution in [-0.4, -0.2) is 0 Å². The molecule has 0 bridgehead atoms. The zero-order valence-corrected chi connectivity index (χ0v) is 15.5. The molecule has 26 heavy (non-hydrogen) atoms. The molecule has 0 aliphatic rings. The van der Waals surface area contributed by atoms with E-state index in [1.165, 1.54) is 0 Å². The molecule has 0 aliphatic carbocycles. The van der Waals surface area contributed by atoms with E-state index in [-0.39, 0.29) is 17.0 Å². The Morgan fingerprint density at radius 2 is 1.31 bits per heavy atom. The van der Waals surface area contributed by atoms with Gasteiger partial charge in [0.15, 0.2) is 12.4 Å². The molecule has 1 N–H and O–H groups in total. The van der Waals surface area contributed by atoms with Gasteiger partial charge in [-0.1, -0.05) is 18.2 Å². The summed E-state index contributed by atoms with van der Waals surface area (Å²) in [6.45, 7) is 0. The Morgan fingerprint density at radius 3 is 2.08 bits per heavy atom. The number of hydrogen-bond donors (Lipinski definition) is 1. The summed E-state index contributed by atoms with van der Waals surface area (Å²) in [5, 5.41) is 11.9. The lowest BCUT2D eigenvalue weighted by Crippen LogP contribution is -3.00. The zero-order chi connectivity index (χ0) is 16.9. The van der Waals surface area contributed by atoms with Gasteiger partial charge in [-0.05, 0) is 42.5 Å². The number of halogens is 1. The second kappa shape index (κ2) is 8.36. The molecule has 0 saturated heterocycles. The summed E-state index contributed by atoms with van der Waals surface area (Å²) in [5.74, 6) is 0. The molecule has 2 aromatic heterocycles. The molecule has 0 radical (unpaired) electrons. The third-order valence-corrected chi connectivity index (χ3v) is 3.83. The minimum Gasteiger partial charge on any atom is -1.00 e. The van der Waals surface area contributed by atoms with Crippen molar-refractivity contribution in [2.75, 3.05) is 5.32 Å². The van der Waals surface area contributed by atoms with Crippen LogP contribution in [0.25, 0.3) is 5.52 Å². The highest BCUT2D eigenvalue weighted by Crippen LogP contribution is 2.22. The van der Waals surface area contributed by atoms with E-state index >= 15 is 0 Å². The molecule has 0 fully saturated rings. The summed E-state index contributed by atoms with van der Waals surface area (Å²) in [6.07, 6.45) is 4.08. The van der Waals surface area contributed by atoms with Crippen molar-refractivity contribution >= 4 is 28.3 Å². The van der Waals surface area contributed by atoms with Gasteiger partial charge in [0.05, 0.1) is 17.1 Å². The lowest BCUT2D eigenvalue weighted by atomic mass is 10.2. The molecule has 0 spiro atoms. The highest BCUT2D eigenvalue weighted by atomic mass is 79.9. The van der Waals surface area contributed by atoms with Crippen molar-refractivity contribution < 1.29 is 21.4 Å². The maximum atomic E-state index is 4.26. The van der Waals surface area contributed by atoms with Gasteiger partial charge in [0.2, 0.25) is 5.52 Å². The fraction of sp³-hybridized carbons (Fsp3) is 0. The van der Waals surface area contributed by atoms with Crippen LogP contribution in [0.5, 0.6) is 0 Å². The molecule has 4 rings (SSSR count).